The number of ether oxygens (including phenoxy) is 1. The van der Waals surface area contributed by atoms with Crippen molar-refractivity contribution in [3.05, 3.63) is 17.8 Å². The van der Waals surface area contributed by atoms with E-state index in [1.54, 1.807) is 0 Å². The molecule has 0 aromatic carbocycles. The zero-order valence-corrected chi connectivity index (χ0v) is 11.0. The fourth-order valence-corrected chi connectivity index (χ4v) is 2.42. The molecule has 1 saturated heterocycles. The summed E-state index contributed by atoms with van der Waals surface area (Å²) in [4.78, 5) is 6.76. The summed E-state index contributed by atoms with van der Waals surface area (Å²) in [6.45, 7) is 9.92. The highest BCUT2D eigenvalue weighted by Gasteiger charge is 2.32. The fraction of sp³-hybridized carbons (Fsp3) is 0.615. The molecule has 2 N–H and O–H groups in total. The van der Waals surface area contributed by atoms with Crippen LogP contribution in [0.25, 0.3) is 0 Å². The van der Waals surface area contributed by atoms with E-state index in [9.17, 15) is 0 Å². The van der Waals surface area contributed by atoms with Crippen LogP contribution in [0, 0.1) is 6.92 Å². The number of hydrogen-bond donors (Lipinski definition) is 1. The molecule has 1 aromatic heterocycles. The van der Waals surface area contributed by atoms with Crippen molar-refractivity contribution in [2.45, 2.75) is 39.4 Å². The van der Waals surface area contributed by atoms with Gasteiger partial charge in [0.2, 0.25) is 0 Å². The summed E-state index contributed by atoms with van der Waals surface area (Å²) in [6.07, 6.45) is 0.195. The van der Waals surface area contributed by atoms with Gasteiger partial charge in [-0.3, -0.25) is 0 Å². The van der Waals surface area contributed by atoms with Crippen molar-refractivity contribution < 1.29 is 4.74 Å². The monoisotopic (exact) mass is 235 g/mol. The van der Waals surface area contributed by atoms with E-state index in [4.69, 9.17) is 10.5 Å². The van der Waals surface area contributed by atoms with Crippen LogP contribution in [-0.2, 0) is 4.74 Å². The summed E-state index contributed by atoms with van der Waals surface area (Å²) in [5, 5.41) is 0. The summed E-state index contributed by atoms with van der Waals surface area (Å²) >= 11 is 0. The minimum Gasteiger partial charge on any atom is -0.396 e. The van der Waals surface area contributed by atoms with Crippen LogP contribution < -0.4 is 10.6 Å². The van der Waals surface area contributed by atoms with Crippen LogP contribution in [0.1, 0.15) is 26.5 Å². The Morgan fingerprint density at radius 3 is 2.82 bits per heavy atom. The number of nitrogens with two attached hydrogens (primary N) is 1. The molecule has 1 fully saturated rings. The highest BCUT2D eigenvalue weighted by Crippen LogP contribution is 2.28. The first-order valence-corrected chi connectivity index (χ1v) is 6.03. The number of aromatic nitrogens is 1. The maximum absolute atomic E-state index is 6.01. The number of rotatable bonds is 1. The Bertz CT molecular complexity index is 417. The summed E-state index contributed by atoms with van der Waals surface area (Å²) in [5.74, 6) is 0.883. The number of morpholine rings is 1. The molecule has 17 heavy (non-hydrogen) atoms. The van der Waals surface area contributed by atoms with Gasteiger partial charge in [-0.1, -0.05) is 0 Å². The highest BCUT2D eigenvalue weighted by molar-refractivity contribution is 5.63. The Hall–Kier alpha value is -1.29. The summed E-state index contributed by atoms with van der Waals surface area (Å²) in [5.41, 5.74) is 7.58. The maximum atomic E-state index is 6.01. The molecule has 2 rings (SSSR count). The van der Waals surface area contributed by atoms with Crippen molar-refractivity contribution in [2.24, 2.45) is 0 Å². The zero-order chi connectivity index (χ0) is 12.6. The molecule has 0 aliphatic carbocycles. The molecule has 0 amide bonds. The Labute approximate surface area is 103 Å². The molecule has 0 saturated carbocycles. The molecule has 0 bridgehead atoms. The topological polar surface area (TPSA) is 51.4 Å². The van der Waals surface area contributed by atoms with E-state index in [1.807, 2.05) is 19.1 Å². The molecule has 1 aliphatic heterocycles. The van der Waals surface area contributed by atoms with Crippen molar-refractivity contribution in [3.8, 4) is 0 Å². The van der Waals surface area contributed by atoms with E-state index in [0.29, 0.717) is 0 Å². The normalized spacial score (nSPS) is 23.8. The van der Waals surface area contributed by atoms with Crippen molar-refractivity contribution in [3.63, 3.8) is 0 Å². The molecule has 1 unspecified atom stereocenters. The summed E-state index contributed by atoms with van der Waals surface area (Å²) in [7, 11) is 0. The molecule has 4 nitrogen and oxygen atoms in total. The SMILES string of the molecule is Cc1ccc(N)c(N2CC(C)OC(C)(C)C2)n1. The largest absolute Gasteiger partial charge is 0.396 e. The second kappa shape index (κ2) is 4.18. The van der Waals surface area contributed by atoms with Gasteiger partial charge in [0.25, 0.3) is 0 Å². The second-order valence-electron chi connectivity index (χ2n) is 5.43. The average molecular weight is 235 g/mol. The molecular formula is C13H21N3O. The molecule has 1 aromatic rings. The van der Waals surface area contributed by atoms with Crippen molar-refractivity contribution in [2.75, 3.05) is 23.7 Å². The maximum Gasteiger partial charge on any atom is 0.152 e. The molecule has 0 spiro atoms. The highest BCUT2D eigenvalue weighted by atomic mass is 16.5. The summed E-state index contributed by atoms with van der Waals surface area (Å²) < 4.78 is 5.89. The first-order valence-electron chi connectivity index (χ1n) is 6.03. The Morgan fingerprint density at radius 1 is 1.47 bits per heavy atom. The molecule has 1 atom stereocenters. The molecule has 1 aliphatic rings. The van der Waals surface area contributed by atoms with Crippen molar-refractivity contribution in [1.29, 1.82) is 0 Å². The third-order valence-electron chi connectivity index (χ3n) is 2.91. The van der Waals surface area contributed by atoms with Crippen LogP contribution in [0.2, 0.25) is 0 Å². The Balaban J connectivity index is 2.30. The predicted octanol–water partition coefficient (Wildman–Crippen LogP) is 1.98. The van der Waals surface area contributed by atoms with Gasteiger partial charge >= 0.3 is 0 Å². The fourth-order valence-electron chi connectivity index (χ4n) is 2.42. The molecule has 0 radical (unpaired) electrons. The van der Waals surface area contributed by atoms with Crippen molar-refractivity contribution >= 4 is 11.5 Å². The van der Waals surface area contributed by atoms with E-state index in [0.717, 1.165) is 30.3 Å². The van der Waals surface area contributed by atoms with Crippen LogP contribution in [0.4, 0.5) is 11.5 Å². The van der Waals surface area contributed by atoms with E-state index in [2.05, 4.69) is 30.7 Å². The van der Waals surface area contributed by atoms with Gasteiger partial charge in [0.1, 0.15) is 0 Å². The van der Waals surface area contributed by atoms with Crippen molar-refractivity contribution in [1.82, 2.24) is 4.98 Å². The number of pyridine rings is 1. The number of anilines is 2. The van der Waals surface area contributed by atoms with Gasteiger partial charge < -0.3 is 15.4 Å². The second-order valence-corrected chi connectivity index (χ2v) is 5.43. The van der Waals surface area contributed by atoms with Gasteiger partial charge in [-0.2, -0.15) is 0 Å². The first-order chi connectivity index (χ1) is 7.87. The molecular weight excluding hydrogens is 214 g/mol. The van der Waals surface area contributed by atoms with Crippen LogP contribution in [0.15, 0.2) is 12.1 Å². The lowest BCUT2D eigenvalue weighted by Crippen LogP contribution is -2.52. The van der Waals surface area contributed by atoms with Crippen LogP contribution >= 0.6 is 0 Å². The third kappa shape index (κ3) is 2.69. The molecule has 94 valence electrons. The lowest BCUT2D eigenvalue weighted by Gasteiger charge is -2.42. The minimum absolute atomic E-state index is 0.157. The Kier molecular flexibility index (Phi) is 3.00. The van der Waals surface area contributed by atoms with E-state index in [1.165, 1.54) is 0 Å². The van der Waals surface area contributed by atoms with Crippen LogP contribution in [-0.4, -0.2) is 29.8 Å². The number of aryl methyl sites for hydroxylation is 1. The molecule has 4 heteroatoms. The Morgan fingerprint density at radius 2 is 2.18 bits per heavy atom. The summed E-state index contributed by atoms with van der Waals surface area (Å²) in [6, 6.07) is 3.86. The first kappa shape index (κ1) is 12.2. The van der Waals surface area contributed by atoms with Crippen LogP contribution in [0.3, 0.4) is 0 Å². The van der Waals surface area contributed by atoms with Gasteiger partial charge in [0.15, 0.2) is 5.82 Å². The van der Waals surface area contributed by atoms with Gasteiger partial charge in [-0.05, 0) is 39.8 Å². The lowest BCUT2D eigenvalue weighted by atomic mass is 10.1. The lowest BCUT2D eigenvalue weighted by molar-refractivity contribution is -0.0751. The average Bonchev–Trinajstić information content (AvgIpc) is 2.18. The van der Waals surface area contributed by atoms with Gasteiger partial charge in [-0.15, -0.1) is 0 Å². The van der Waals surface area contributed by atoms with E-state index >= 15 is 0 Å². The third-order valence-corrected chi connectivity index (χ3v) is 2.91. The van der Waals surface area contributed by atoms with Crippen LogP contribution in [0.5, 0.6) is 0 Å². The van der Waals surface area contributed by atoms with Gasteiger partial charge in [0, 0.05) is 18.8 Å². The van der Waals surface area contributed by atoms with Gasteiger partial charge in [-0.25, -0.2) is 4.98 Å². The van der Waals surface area contributed by atoms with E-state index < -0.39 is 0 Å². The number of nitrogen functional groups attached to an aromatic ring is 1. The quantitative estimate of drug-likeness (QED) is 0.808. The number of nitrogens with zero attached hydrogens (tertiary/aromatic N) is 2. The number of hydrogen-bond acceptors (Lipinski definition) is 4. The smallest absolute Gasteiger partial charge is 0.152 e. The zero-order valence-electron chi connectivity index (χ0n) is 11.0. The minimum atomic E-state index is -0.157. The van der Waals surface area contributed by atoms with Gasteiger partial charge in [0.05, 0.1) is 17.4 Å². The molecule has 2 heterocycles. The van der Waals surface area contributed by atoms with E-state index in [-0.39, 0.29) is 11.7 Å². The predicted molar refractivity (Wildman–Crippen MR) is 70.2 cm³/mol. The standard InChI is InChI=1S/C13H21N3O/c1-9-5-6-11(14)12(15-9)16-7-10(2)17-13(3,4)8-16/h5-6,10H,7-8,14H2,1-4H3.